The smallest absolute Gasteiger partial charge is 0.296 e. The van der Waals surface area contributed by atoms with Crippen LogP contribution in [0.25, 0.3) is 10.9 Å². The zero-order valence-corrected chi connectivity index (χ0v) is 17.8. The Bertz CT molecular complexity index is 1090. The Morgan fingerprint density at radius 3 is 2.39 bits per heavy atom. The van der Waals surface area contributed by atoms with Crippen LogP contribution < -0.4 is 11.2 Å². The third kappa shape index (κ3) is 3.67. The quantitative estimate of drug-likeness (QED) is 0.761. The fraction of sp³-hybridized carbons (Fsp3) is 0.600. The molecule has 0 saturated heterocycles. The van der Waals surface area contributed by atoms with E-state index in [4.69, 9.17) is 0 Å². The van der Waals surface area contributed by atoms with Gasteiger partial charge in [0.25, 0.3) is 5.56 Å². The van der Waals surface area contributed by atoms with Gasteiger partial charge in [-0.05, 0) is 37.5 Å². The minimum absolute atomic E-state index is 0.0775. The molecule has 0 spiro atoms. The van der Waals surface area contributed by atoms with Gasteiger partial charge in [0.15, 0.2) is 0 Å². The summed E-state index contributed by atoms with van der Waals surface area (Å²) >= 11 is 0. The van der Waals surface area contributed by atoms with Crippen molar-refractivity contribution >= 4 is 20.9 Å². The second-order valence-electron chi connectivity index (χ2n) is 7.99. The summed E-state index contributed by atoms with van der Waals surface area (Å²) in [6.45, 7) is 1.94. The van der Waals surface area contributed by atoms with Crippen LogP contribution in [0, 0.1) is 5.92 Å². The van der Waals surface area contributed by atoms with Crippen molar-refractivity contribution in [3.05, 3.63) is 39.0 Å². The number of aromatic nitrogens is 2. The largest absolute Gasteiger partial charge is 0.330 e. The number of sulfonamides is 1. The molecule has 2 aromatic rings. The third-order valence-electron chi connectivity index (χ3n) is 6.14. The number of hydrogen-bond donors (Lipinski definition) is 0. The second kappa shape index (κ2) is 7.83. The second-order valence-corrected chi connectivity index (χ2v) is 9.99. The Hall–Kier alpha value is -1.93. The first-order chi connectivity index (χ1) is 13.1. The van der Waals surface area contributed by atoms with Gasteiger partial charge in [0, 0.05) is 27.2 Å². The van der Waals surface area contributed by atoms with E-state index in [1.807, 2.05) is 6.92 Å². The van der Waals surface area contributed by atoms with Gasteiger partial charge < -0.3 is 0 Å². The maximum atomic E-state index is 13.2. The van der Waals surface area contributed by atoms with Crippen molar-refractivity contribution in [2.45, 2.75) is 56.4 Å². The van der Waals surface area contributed by atoms with Crippen LogP contribution in [0.2, 0.25) is 0 Å². The highest BCUT2D eigenvalue weighted by molar-refractivity contribution is 7.89. The van der Waals surface area contributed by atoms with Crippen LogP contribution in [0.3, 0.4) is 0 Å². The van der Waals surface area contributed by atoms with E-state index in [-0.39, 0.29) is 16.3 Å². The molecule has 0 amide bonds. The Morgan fingerprint density at radius 1 is 1.11 bits per heavy atom. The molecule has 3 rings (SSSR count). The van der Waals surface area contributed by atoms with Gasteiger partial charge in [-0.25, -0.2) is 13.2 Å². The molecule has 154 valence electrons. The normalized spacial score (nSPS) is 17.3. The highest BCUT2D eigenvalue weighted by Gasteiger charge is 2.28. The average Bonchev–Trinajstić information content (AvgIpc) is 2.70. The van der Waals surface area contributed by atoms with Crippen molar-refractivity contribution in [1.82, 2.24) is 13.4 Å². The fourth-order valence-corrected chi connectivity index (χ4v) is 5.59. The molecule has 0 aliphatic heterocycles. The molecular weight excluding hydrogens is 378 g/mol. The number of hydrogen-bond acceptors (Lipinski definition) is 4. The molecule has 7 nitrogen and oxygen atoms in total. The molecule has 1 saturated carbocycles. The summed E-state index contributed by atoms with van der Waals surface area (Å²) in [6, 6.07) is 4.27. The van der Waals surface area contributed by atoms with E-state index in [1.165, 1.54) is 53.4 Å². The van der Waals surface area contributed by atoms with Crippen molar-refractivity contribution in [3.8, 4) is 0 Å². The zero-order valence-electron chi connectivity index (χ0n) is 17.0. The van der Waals surface area contributed by atoms with Gasteiger partial charge in [-0.3, -0.25) is 13.9 Å². The van der Waals surface area contributed by atoms with Crippen LogP contribution in [0.15, 0.2) is 32.7 Å². The molecule has 0 bridgehead atoms. The number of aryl methyl sites for hydroxylation is 1. The van der Waals surface area contributed by atoms with Gasteiger partial charge in [-0.1, -0.05) is 32.1 Å². The Labute approximate surface area is 165 Å². The van der Waals surface area contributed by atoms with Gasteiger partial charge in [-0.2, -0.15) is 4.31 Å². The van der Waals surface area contributed by atoms with Crippen LogP contribution in [-0.2, 0) is 24.1 Å². The van der Waals surface area contributed by atoms with Gasteiger partial charge in [0.2, 0.25) is 10.0 Å². The maximum absolute atomic E-state index is 13.2. The van der Waals surface area contributed by atoms with Gasteiger partial charge >= 0.3 is 5.69 Å². The van der Waals surface area contributed by atoms with E-state index in [2.05, 4.69) is 0 Å². The summed E-state index contributed by atoms with van der Waals surface area (Å²) in [6.07, 6.45) is 6.89. The minimum Gasteiger partial charge on any atom is -0.296 e. The molecule has 1 aromatic carbocycles. The lowest BCUT2D eigenvalue weighted by Crippen LogP contribution is -2.38. The summed E-state index contributed by atoms with van der Waals surface area (Å²) in [7, 11) is 0.826. The Kier molecular flexibility index (Phi) is 5.82. The van der Waals surface area contributed by atoms with Crippen LogP contribution in [0.1, 0.15) is 45.4 Å². The molecule has 1 heterocycles. The number of rotatable bonds is 5. The Balaban J connectivity index is 1.95. The number of benzene rings is 1. The maximum Gasteiger partial charge on any atom is 0.330 e. The molecule has 8 heteroatoms. The summed E-state index contributed by atoms with van der Waals surface area (Å²) in [5.74, 6) is 0.569. The zero-order chi connectivity index (χ0) is 20.6. The average molecular weight is 408 g/mol. The summed E-state index contributed by atoms with van der Waals surface area (Å²) < 4.78 is 30.1. The lowest BCUT2D eigenvalue weighted by atomic mass is 9.85. The third-order valence-corrected chi connectivity index (χ3v) is 8.10. The van der Waals surface area contributed by atoms with E-state index >= 15 is 0 Å². The predicted octanol–water partition coefficient (Wildman–Crippen LogP) is 2.22. The SMILES string of the molecule is C[C@H](CC1CCCCC1)N(C)S(=O)(=O)c1ccc2c(c1)c(=O)n(C)c(=O)n2C. The molecule has 1 aliphatic rings. The van der Waals surface area contributed by atoms with Crippen LogP contribution in [0.4, 0.5) is 0 Å². The molecule has 0 N–H and O–H groups in total. The van der Waals surface area contributed by atoms with Crippen LogP contribution in [-0.4, -0.2) is 34.9 Å². The predicted molar refractivity (Wildman–Crippen MR) is 110 cm³/mol. The van der Waals surface area contributed by atoms with Crippen molar-refractivity contribution in [1.29, 1.82) is 0 Å². The van der Waals surface area contributed by atoms with Crippen LogP contribution in [0.5, 0.6) is 0 Å². The Morgan fingerprint density at radius 2 is 1.75 bits per heavy atom. The van der Waals surface area contributed by atoms with Crippen molar-refractivity contribution in [2.75, 3.05) is 7.05 Å². The molecule has 28 heavy (non-hydrogen) atoms. The monoisotopic (exact) mass is 407 g/mol. The van der Waals surface area contributed by atoms with Crippen molar-refractivity contribution in [3.63, 3.8) is 0 Å². The lowest BCUT2D eigenvalue weighted by molar-refractivity contribution is 0.267. The minimum atomic E-state index is -3.74. The van der Waals surface area contributed by atoms with E-state index in [0.717, 1.165) is 23.8 Å². The molecule has 1 aliphatic carbocycles. The summed E-state index contributed by atoms with van der Waals surface area (Å²) in [5.41, 5.74) is -0.510. The van der Waals surface area contributed by atoms with Gasteiger partial charge in [0.1, 0.15) is 0 Å². The molecule has 1 atom stereocenters. The lowest BCUT2D eigenvalue weighted by Gasteiger charge is -2.30. The van der Waals surface area contributed by atoms with E-state index in [1.54, 1.807) is 14.1 Å². The highest BCUT2D eigenvalue weighted by atomic mass is 32.2. The van der Waals surface area contributed by atoms with Crippen LogP contribution >= 0.6 is 0 Å². The number of fused-ring (bicyclic) bond motifs is 1. The first kappa shape index (κ1) is 20.8. The van der Waals surface area contributed by atoms with Crippen molar-refractivity contribution in [2.24, 2.45) is 20.0 Å². The highest BCUT2D eigenvalue weighted by Crippen LogP contribution is 2.30. The van der Waals surface area contributed by atoms with E-state index < -0.39 is 21.3 Å². The number of nitrogens with zero attached hydrogens (tertiary/aromatic N) is 3. The first-order valence-corrected chi connectivity index (χ1v) is 11.3. The molecule has 0 unspecified atom stereocenters. The molecule has 1 aromatic heterocycles. The van der Waals surface area contributed by atoms with Gasteiger partial charge in [-0.15, -0.1) is 0 Å². The molecular formula is C20H29N3O4S. The van der Waals surface area contributed by atoms with E-state index in [9.17, 15) is 18.0 Å². The fourth-order valence-electron chi connectivity index (χ4n) is 4.19. The first-order valence-electron chi connectivity index (χ1n) is 9.82. The summed E-state index contributed by atoms with van der Waals surface area (Å²) in [5, 5.41) is 0.221. The van der Waals surface area contributed by atoms with Gasteiger partial charge in [0.05, 0.1) is 15.8 Å². The van der Waals surface area contributed by atoms with E-state index in [0.29, 0.717) is 11.4 Å². The molecule has 1 fully saturated rings. The molecule has 0 radical (unpaired) electrons. The van der Waals surface area contributed by atoms with Crippen molar-refractivity contribution < 1.29 is 8.42 Å². The summed E-state index contributed by atoms with van der Waals surface area (Å²) in [4.78, 5) is 24.6. The topological polar surface area (TPSA) is 81.4 Å². The standard InChI is InChI=1S/C20H29N3O4S/c1-14(12-15-8-6-5-7-9-15)23(4)28(26,27)16-10-11-18-17(13-16)19(24)22(3)20(25)21(18)2/h10-11,13-15H,5-9,12H2,1-4H3/t14-/m1/s1.